The second kappa shape index (κ2) is 7.92. The minimum Gasteiger partial charge on any atom is -0.410 e. The molecule has 1 radical (unpaired) electrons. The van der Waals surface area contributed by atoms with Crippen molar-refractivity contribution in [2.45, 2.75) is 60.2 Å². The van der Waals surface area contributed by atoms with E-state index in [1.165, 1.54) is 27.8 Å². The van der Waals surface area contributed by atoms with Gasteiger partial charge in [-0.25, -0.2) is 0 Å². The molecule has 0 amide bonds. The van der Waals surface area contributed by atoms with Gasteiger partial charge in [-0.1, -0.05) is 58.0 Å². The number of rotatable bonds is 6. The third-order valence-corrected chi connectivity index (χ3v) is 6.74. The van der Waals surface area contributed by atoms with Crippen LogP contribution in [0.1, 0.15) is 62.2 Å². The molecular weight excluding hydrogens is 398 g/mol. The van der Waals surface area contributed by atoms with E-state index in [2.05, 4.69) is 87.7 Å². The van der Waals surface area contributed by atoms with Gasteiger partial charge in [-0.05, 0) is 66.7 Å². The minimum atomic E-state index is -0.813. The van der Waals surface area contributed by atoms with Crippen molar-refractivity contribution in [2.24, 2.45) is 5.41 Å². The van der Waals surface area contributed by atoms with Gasteiger partial charge in [-0.3, -0.25) is 4.79 Å². The summed E-state index contributed by atoms with van der Waals surface area (Å²) in [4.78, 5) is 12.3. The molecule has 0 spiro atoms. The Bertz CT molecular complexity index is 1230. The lowest BCUT2D eigenvalue weighted by molar-refractivity contribution is 0.0866. The molecule has 0 saturated heterocycles. The number of nitrogens with zero attached hydrogens (tertiary/aromatic N) is 1. The highest BCUT2D eigenvalue weighted by atomic mass is 28.3. The molecule has 4 rings (SSSR count). The van der Waals surface area contributed by atoms with Gasteiger partial charge in [-0.2, -0.15) is 0 Å². The van der Waals surface area contributed by atoms with Gasteiger partial charge in [0.25, 0.3) is 0 Å². The molecule has 1 unspecified atom stereocenters. The number of benzene rings is 1. The van der Waals surface area contributed by atoms with Crippen LogP contribution in [0.4, 0.5) is 0 Å². The molecule has 3 heterocycles. The Balaban J connectivity index is 1.88. The predicted molar refractivity (Wildman–Crippen MR) is 132 cm³/mol. The van der Waals surface area contributed by atoms with Crippen LogP contribution in [-0.4, -0.2) is 19.2 Å². The minimum absolute atomic E-state index is 0.0327. The molecule has 4 aromatic rings. The van der Waals surface area contributed by atoms with Gasteiger partial charge >= 0.3 is 0 Å². The molecule has 161 valence electrons. The van der Waals surface area contributed by atoms with Gasteiger partial charge in [0, 0.05) is 11.1 Å². The Kier molecular flexibility index (Phi) is 5.57. The summed E-state index contributed by atoms with van der Waals surface area (Å²) in [6.45, 7) is 15.0. The van der Waals surface area contributed by atoms with E-state index in [9.17, 15) is 4.79 Å². The molecule has 3 aromatic heterocycles. The standard InChI is InChI=1S/C27H32NO2Si/c1-8-20-22-10-9-11-23-21(17(2)29)16-24(28(22)23)25(20)18-12-14-19(15-13-18)26(27(3,4)5)30-31(6)7/h9-16,26H,8H2,1-7H3. The SMILES string of the molecule is CCc1c(-c2ccc(C(O[Si](C)C)C(C)(C)C)cc2)c2cc(C(C)=O)c3cccc1n32. The molecule has 1 atom stereocenters. The monoisotopic (exact) mass is 430 g/mol. The van der Waals surface area contributed by atoms with Gasteiger partial charge in [0.15, 0.2) is 5.78 Å². The van der Waals surface area contributed by atoms with Crippen molar-refractivity contribution < 1.29 is 9.22 Å². The Labute approximate surface area is 187 Å². The Morgan fingerprint density at radius 3 is 2.23 bits per heavy atom. The molecule has 0 aliphatic heterocycles. The first-order valence-electron chi connectivity index (χ1n) is 11.1. The van der Waals surface area contributed by atoms with Crippen LogP contribution in [0, 0.1) is 5.41 Å². The summed E-state index contributed by atoms with van der Waals surface area (Å²) >= 11 is 0. The second-order valence-electron chi connectivity index (χ2n) is 9.73. The third-order valence-electron chi connectivity index (χ3n) is 6.03. The van der Waals surface area contributed by atoms with Crippen LogP contribution in [-0.2, 0) is 10.8 Å². The number of pyridine rings is 1. The van der Waals surface area contributed by atoms with Gasteiger partial charge in [0.1, 0.15) is 0 Å². The van der Waals surface area contributed by atoms with Crippen LogP contribution < -0.4 is 0 Å². The fourth-order valence-corrected chi connectivity index (χ4v) is 5.68. The van der Waals surface area contributed by atoms with Crippen molar-refractivity contribution in [3.05, 3.63) is 65.2 Å². The molecule has 0 fully saturated rings. The largest absolute Gasteiger partial charge is 0.410 e. The molecule has 0 saturated carbocycles. The maximum Gasteiger partial charge on any atom is 0.205 e. The fraction of sp³-hybridized carbons (Fsp3) is 0.370. The summed E-state index contributed by atoms with van der Waals surface area (Å²) in [6, 6.07) is 17.2. The normalized spacial score (nSPS) is 13.5. The highest BCUT2D eigenvalue weighted by molar-refractivity contribution is 6.48. The average Bonchev–Trinajstić information content (AvgIpc) is 3.24. The van der Waals surface area contributed by atoms with E-state index in [0.717, 1.165) is 23.0 Å². The van der Waals surface area contributed by atoms with Crippen LogP contribution in [0.15, 0.2) is 48.5 Å². The number of Topliss-reactive ketones (excluding diaryl/α,β-unsaturated/α-hetero) is 1. The van der Waals surface area contributed by atoms with Gasteiger partial charge < -0.3 is 8.83 Å². The number of hydrogen-bond acceptors (Lipinski definition) is 2. The first kappa shape index (κ1) is 21.8. The number of aryl methyl sites for hydroxylation is 1. The van der Waals surface area contributed by atoms with Crippen LogP contribution in [0.25, 0.3) is 27.7 Å². The molecular formula is C27H32NO2Si. The summed E-state index contributed by atoms with van der Waals surface area (Å²) in [5.74, 6) is 0.109. The Hall–Kier alpha value is -2.43. The molecule has 4 heteroatoms. The highest BCUT2D eigenvalue weighted by Gasteiger charge is 2.28. The summed E-state index contributed by atoms with van der Waals surface area (Å²) in [5.41, 5.74) is 9.13. The van der Waals surface area contributed by atoms with Crippen molar-refractivity contribution in [1.82, 2.24) is 4.40 Å². The van der Waals surface area contributed by atoms with E-state index in [1.54, 1.807) is 6.92 Å². The van der Waals surface area contributed by atoms with Crippen LogP contribution >= 0.6 is 0 Å². The smallest absolute Gasteiger partial charge is 0.205 e. The number of hydrogen-bond donors (Lipinski definition) is 0. The number of ketones is 1. The lowest BCUT2D eigenvalue weighted by Crippen LogP contribution is -2.25. The number of carbonyl (C=O) groups excluding carboxylic acids is 1. The average molecular weight is 431 g/mol. The molecule has 1 aromatic carbocycles. The Morgan fingerprint density at radius 1 is 1.03 bits per heavy atom. The van der Waals surface area contributed by atoms with Crippen molar-refractivity contribution in [1.29, 1.82) is 0 Å². The van der Waals surface area contributed by atoms with E-state index in [4.69, 9.17) is 4.43 Å². The van der Waals surface area contributed by atoms with Gasteiger partial charge in [0.2, 0.25) is 9.04 Å². The van der Waals surface area contributed by atoms with E-state index in [-0.39, 0.29) is 17.3 Å². The number of aromatic nitrogens is 1. The van der Waals surface area contributed by atoms with E-state index < -0.39 is 9.04 Å². The topological polar surface area (TPSA) is 30.7 Å². The molecule has 3 nitrogen and oxygen atoms in total. The summed E-state index contributed by atoms with van der Waals surface area (Å²) in [6.07, 6.45) is 1.02. The van der Waals surface area contributed by atoms with Crippen LogP contribution in [0.5, 0.6) is 0 Å². The Morgan fingerprint density at radius 2 is 1.68 bits per heavy atom. The van der Waals surface area contributed by atoms with Gasteiger partial charge in [0.05, 0.1) is 22.7 Å². The number of carbonyl (C=O) groups is 1. The zero-order chi connectivity index (χ0) is 22.5. The van der Waals surface area contributed by atoms with E-state index >= 15 is 0 Å². The third kappa shape index (κ3) is 3.72. The lowest BCUT2D eigenvalue weighted by atomic mass is 9.84. The van der Waals surface area contributed by atoms with Crippen molar-refractivity contribution in [2.75, 3.05) is 0 Å². The zero-order valence-corrected chi connectivity index (χ0v) is 20.7. The molecule has 0 N–H and O–H groups in total. The van der Waals surface area contributed by atoms with Crippen LogP contribution in [0.2, 0.25) is 13.1 Å². The predicted octanol–water partition coefficient (Wildman–Crippen LogP) is 7.32. The maximum atomic E-state index is 12.3. The zero-order valence-electron chi connectivity index (χ0n) is 19.7. The highest BCUT2D eigenvalue weighted by Crippen LogP contribution is 2.41. The molecule has 31 heavy (non-hydrogen) atoms. The van der Waals surface area contributed by atoms with Gasteiger partial charge in [-0.15, -0.1) is 0 Å². The molecule has 0 bridgehead atoms. The van der Waals surface area contributed by atoms with Crippen molar-refractivity contribution in [3.8, 4) is 11.1 Å². The lowest BCUT2D eigenvalue weighted by Gasteiger charge is -2.33. The maximum absolute atomic E-state index is 12.3. The van der Waals surface area contributed by atoms with Crippen molar-refractivity contribution in [3.63, 3.8) is 0 Å². The molecule has 0 aliphatic rings. The van der Waals surface area contributed by atoms with E-state index in [1.807, 2.05) is 6.07 Å². The van der Waals surface area contributed by atoms with E-state index in [0.29, 0.717) is 0 Å². The fourth-order valence-electron chi connectivity index (χ4n) is 4.72. The first-order chi connectivity index (χ1) is 14.6. The van der Waals surface area contributed by atoms with Crippen molar-refractivity contribution >= 4 is 31.4 Å². The first-order valence-corrected chi connectivity index (χ1v) is 13.5. The molecule has 0 aliphatic carbocycles. The quantitative estimate of drug-likeness (QED) is 0.237. The van der Waals surface area contributed by atoms with Crippen LogP contribution in [0.3, 0.4) is 0 Å². The summed E-state index contributed by atoms with van der Waals surface area (Å²) < 4.78 is 8.64. The summed E-state index contributed by atoms with van der Waals surface area (Å²) in [5, 5.41) is 0. The second-order valence-corrected chi connectivity index (χ2v) is 11.8. The summed E-state index contributed by atoms with van der Waals surface area (Å²) in [7, 11) is -0.813.